The molecule has 0 saturated heterocycles. The fraction of sp³-hybridized carbons (Fsp3) is 0.125. The van der Waals surface area contributed by atoms with E-state index in [0.29, 0.717) is 0 Å². The van der Waals surface area contributed by atoms with Gasteiger partial charge in [0.25, 0.3) is 0 Å². The van der Waals surface area contributed by atoms with Crippen molar-refractivity contribution in [1.29, 1.82) is 0 Å². The standard InChI is InChI=1S/C16H15N2/c1-13-5-8-16-14(11-13)6-7-15(17-16)12-18-9-3-2-4-10-18/h2-11H,12H2,1H3/q+1. The van der Waals surface area contributed by atoms with Gasteiger partial charge in [0, 0.05) is 17.5 Å². The molecule has 3 rings (SSSR count). The Balaban J connectivity index is 1.96. The zero-order chi connectivity index (χ0) is 12.4. The second kappa shape index (κ2) is 4.57. The Kier molecular flexibility index (Phi) is 2.77. The highest BCUT2D eigenvalue weighted by Crippen LogP contribution is 2.14. The smallest absolute Gasteiger partial charge is 0.190 e. The molecule has 1 aromatic carbocycles. The lowest BCUT2D eigenvalue weighted by atomic mass is 10.1. The second-order valence-electron chi connectivity index (χ2n) is 4.55. The summed E-state index contributed by atoms with van der Waals surface area (Å²) in [5, 5.41) is 1.21. The van der Waals surface area contributed by atoms with Crippen LogP contribution in [0.1, 0.15) is 11.3 Å². The molecule has 0 bridgehead atoms. The number of fused-ring (bicyclic) bond motifs is 1. The Labute approximate surface area is 107 Å². The van der Waals surface area contributed by atoms with Gasteiger partial charge in [-0.3, -0.25) is 0 Å². The van der Waals surface area contributed by atoms with Gasteiger partial charge in [-0.05, 0) is 25.1 Å². The van der Waals surface area contributed by atoms with E-state index in [1.165, 1.54) is 10.9 Å². The minimum Gasteiger partial charge on any atom is -0.246 e. The lowest BCUT2D eigenvalue weighted by Crippen LogP contribution is -2.33. The minimum absolute atomic E-state index is 0.810. The molecule has 0 amide bonds. The van der Waals surface area contributed by atoms with E-state index in [0.717, 1.165) is 17.8 Å². The summed E-state index contributed by atoms with van der Waals surface area (Å²) in [5.74, 6) is 0. The molecule has 0 atom stereocenters. The molecular formula is C16H15N2+. The van der Waals surface area contributed by atoms with Crippen LogP contribution in [0.2, 0.25) is 0 Å². The van der Waals surface area contributed by atoms with E-state index < -0.39 is 0 Å². The summed E-state index contributed by atoms with van der Waals surface area (Å²) in [5.41, 5.74) is 3.42. The highest BCUT2D eigenvalue weighted by atomic mass is 14.9. The lowest BCUT2D eigenvalue weighted by molar-refractivity contribution is -0.688. The molecule has 3 aromatic rings. The highest BCUT2D eigenvalue weighted by molar-refractivity contribution is 5.79. The average Bonchev–Trinajstić information content (AvgIpc) is 2.40. The molecule has 0 fully saturated rings. The van der Waals surface area contributed by atoms with Crippen molar-refractivity contribution in [2.45, 2.75) is 13.5 Å². The molecule has 0 aliphatic heterocycles. The van der Waals surface area contributed by atoms with E-state index in [1.807, 2.05) is 18.2 Å². The van der Waals surface area contributed by atoms with Crippen LogP contribution in [0.25, 0.3) is 10.9 Å². The monoisotopic (exact) mass is 235 g/mol. The number of hydrogen-bond acceptors (Lipinski definition) is 1. The van der Waals surface area contributed by atoms with Crippen molar-refractivity contribution < 1.29 is 4.57 Å². The third-order valence-electron chi connectivity index (χ3n) is 3.02. The molecule has 2 aromatic heterocycles. The first-order chi connectivity index (χ1) is 8.81. The predicted octanol–water partition coefficient (Wildman–Crippen LogP) is 2.88. The van der Waals surface area contributed by atoms with E-state index in [1.54, 1.807) is 0 Å². The Morgan fingerprint density at radius 3 is 2.67 bits per heavy atom. The molecular weight excluding hydrogens is 220 g/mol. The Morgan fingerprint density at radius 2 is 1.83 bits per heavy atom. The van der Waals surface area contributed by atoms with Crippen molar-refractivity contribution in [2.75, 3.05) is 0 Å². The first-order valence-corrected chi connectivity index (χ1v) is 6.12. The molecule has 2 heterocycles. The van der Waals surface area contributed by atoms with Crippen LogP contribution in [0, 0.1) is 6.92 Å². The molecule has 0 spiro atoms. The number of pyridine rings is 2. The van der Waals surface area contributed by atoms with E-state index in [-0.39, 0.29) is 0 Å². The summed E-state index contributed by atoms with van der Waals surface area (Å²) in [6.45, 7) is 2.91. The number of nitrogens with zero attached hydrogens (tertiary/aromatic N) is 2. The van der Waals surface area contributed by atoms with E-state index in [9.17, 15) is 0 Å². The molecule has 0 N–H and O–H groups in total. The quantitative estimate of drug-likeness (QED) is 0.624. The number of rotatable bonds is 2. The Bertz CT molecular complexity index is 675. The van der Waals surface area contributed by atoms with Crippen LogP contribution in [0.4, 0.5) is 0 Å². The van der Waals surface area contributed by atoms with Crippen LogP contribution < -0.4 is 4.57 Å². The van der Waals surface area contributed by atoms with E-state index >= 15 is 0 Å². The van der Waals surface area contributed by atoms with Gasteiger partial charge in [-0.25, -0.2) is 4.98 Å². The maximum atomic E-state index is 4.69. The van der Waals surface area contributed by atoms with Gasteiger partial charge in [-0.1, -0.05) is 23.8 Å². The first-order valence-electron chi connectivity index (χ1n) is 6.12. The van der Waals surface area contributed by atoms with E-state index in [2.05, 4.69) is 54.2 Å². The number of aryl methyl sites for hydroxylation is 1. The molecule has 0 unspecified atom stereocenters. The third kappa shape index (κ3) is 2.23. The van der Waals surface area contributed by atoms with Crippen molar-refractivity contribution in [3.63, 3.8) is 0 Å². The van der Waals surface area contributed by atoms with Crippen LogP contribution in [0.15, 0.2) is 60.9 Å². The molecule has 0 aliphatic carbocycles. The second-order valence-corrected chi connectivity index (χ2v) is 4.55. The Hall–Kier alpha value is -2.22. The van der Waals surface area contributed by atoms with Gasteiger partial charge in [0.15, 0.2) is 18.9 Å². The van der Waals surface area contributed by atoms with Gasteiger partial charge >= 0.3 is 0 Å². The van der Waals surface area contributed by atoms with Crippen LogP contribution in [0.5, 0.6) is 0 Å². The number of aromatic nitrogens is 2. The summed E-state index contributed by atoms with van der Waals surface area (Å²) >= 11 is 0. The van der Waals surface area contributed by atoms with Crippen LogP contribution >= 0.6 is 0 Å². The molecule has 2 nitrogen and oxygen atoms in total. The van der Waals surface area contributed by atoms with Gasteiger partial charge in [0.2, 0.25) is 0 Å². The normalized spacial score (nSPS) is 10.7. The van der Waals surface area contributed by atoms with Gasteiger partial charge < -0.3 is 0 Å². The maximum absolute atomic E-state index is 4.69. The van der Waals surface area contributed by atoms with Crippen molar-refractivity contribution in [2.24, 2.45) is 0 Å². The summed E-state index contributed by atoms with van der Waals surface area (Å²) in [7, 11) is 0. The molecule has 88 valence electrons. The topological polar surface area (TPSA) is 16.8 Å². The summed E-state index contributed by atoms with van der Waals surface area (Å²) in [6.07, 6.45) is 4.11. The highest BCUT2D eigenvalue weighted by Gasteiger charge is 2.04. The minimum atomic E-state index is 0.810. The van der Waals surface area contributed by atoms with E-state index in [4.69, 9.17) is 4.98 Å². The van der Waals surface area contributed by atoms with Crippen LogP contribution in [-0.2, 0) is 6.54 Å². The Morgan fingerprint density at radius 1 is 1.00 bits per heavy atom. The molecule has 0 radical (unpaired) electrons. The van der Waals surface area contributed by atoms with Gasteiger partial charge in [0.1, 0.15) is 5.69 Å². The van der Waals surface area contributed by atoms with Gasteiger partial charge in [-0.2, -0.15) is 4.57 Å². The van der Waals surface area contributed by atoms with Crippen LogP contribution in [0.3, 0.4) is 0 Å². The average molecular weight is 235 g/mol. The molecule has 0 aliphatic rings. The van der Waals surface area contributed by atoms with Crippen molar-refractivity contribution in [3.8, 4) is 0 Å². The SMILES string of the molecule is Cc1ccc2nc(C[n+]3ccccc3)ccc2c1. The third-order valence-corrected chi connectivity index (χ3v) is 3.02. The summed E-state index contributed by atoms with van der Waals surface area (Å²) < 4.78 is 2.13. The van der Waals surface area contributed by atoms with Crippen molar-refractivity contribution >= 4 is 10.9 Å². The fourth-order valence-corrected chi connectivity index (χ4v) is 2.10. The van der Waals surface area contributed by atoms with Crippen LogP contribution in [-0.4, -0.2) is 4.98 Å². The zero-order valence-electron chi connectivity index (χ0n) is 10.4. The van der Waals surface area contributed by atoms with Gasteiger partial charge in [-0.15, -0.1) is 0 Å². The summed E-state index contributed by atoms with van der Waals surface area (Å²) in [4.78, 5) is 4.69. The molecule has 2 heteroatoms. The fourth-order valence-electron chi connectivity index (χ4n) is 2.10. The zero-order valence-corrected chi connectivity index (χ0v) is 10.4. The first kappa shape index (κ1) is 10.9. The van der Waals surface area contributed by atoms with Crippen molar-refractivity contribution in [1.82, 2.24) is 4.98 Å². The maximum Gasteiger partial charge on any atom is 0.190 e. The van der Waals surface area contributed by atoms with Gasteiger partial charge in [0.05, 0.1) is 5.52 Å². The number of hydrogen-bond donors (Lipinski definition) is 0. The largest absolute Gasteiger partial charge is 0.246 e. The van der Waals surface area contributed by atoms with Crippen molar-refractivity contribution in [3.05, 3.63) is 72.2 Å². The molecule has 18 heavy (non-hydrogen) atoms. The lowest BCUT2D eigenvalue weighted by Gasteiger charge is -2.01. The number of benzene rings is 1. The molecule has 0 saturated carbocycles. The predicted molar refractivity (Wildman–Crippen MR) is 72.2 cm³/mol. The summed E-state index contributed by atoms with van der Waals surface area (Å²) in [6, 6.07) is 16.7.